The molecule has 74 valence electrons. The molecule has 0 spiro atoms. The summed E-state index contributed by atoms with van der Waals surface area (Å²) in [5.41, 5.74) is 2.36. The van der Waals surface area contributed by atoms with Crippen LogP contribution in [0.15, 0.2) is 29.2 Å². The van der Waals surface area contributed by atoms with Crippen LogP contribution in [-0.4, -0.2) is 4.98 Å². The van der Waals surface area contributed by atoms with Crippen LogP contribution >= 0.6 is 0 Å². The van der Waals surface area contributed by atoms with Gasteiger partial charge in [-0.25, -0.2) is 0 Å². The summed E-state index contributed by atoms with van der Waals surface area (Å²) in [6.45, 7) is 2.26. The number of pyridine rings is 1. The first-order chi connectivity index (χ1) is 6.75. The molecule has 1 aliphatic carbocycles. The molecule has 0 aromatic carbocycles. The number of H-pyrrole nitrogens is 1. The van der Waals surface area contributed by atoms with Crippen LogP contribution in [0.1, 0.15) is 31.9 Å². The molecule has 0 saturated carbocycles. The van der Waals surface area contributed by atoms with E-state index in [0.717, 1.165) is 24.5 Å². The number of nitrogens with one attached hydrogen (secondary N) is 1. The van der Waals surface area contributed by atoms with Crippen molar-refractivity contribution in [2.75, 3.05) is 0 Å². The lowest BCUT2D eigenvalue weighted by Crippen LogP contribution is -2.05. The Kier molecular flexibility index (Phi) is 2.53. The second kappa shape index (κ2) is 3.82. The zero-order valence-corrected chi connectivity index (χ0v) is 8.42. The second-order valence-electron chi connectivity index (χ2n) is 4.05. The fourth-order valence-corrected chi connectivity index (χ4v) is 1.84. The SMILES string of the molecule is CC1CC=C(c2cc(=O)cc[nH]2)CC1. The van der Waals surface area contributed by atoms with Crippen molar-refractivity contribution >= 4 is 5.57 Å². The van der Waals surface area contributed by atoms with Gasteiger partial charge in [-0.1, -0.05) is 13.0 Å². The van der Waals surface area contributed by atoms with E-state index in [0.29, 0.717) is 0 Å². The van der Waals surface area contributed by atoms with Crippen LogP contribution in [0.25, 0.3) is 5.57 Å². The largest absolute Gasteiger partial charge is 0.361 e. The minimum atomic E-state index is 0.0817. The molecule has 1 atom stereocenters. The Morgan fingerprint density at radius 1 is 1.50 bits per heavy atom. The van der Waals surface area contributed by atoms with Gasteiger partial charge in [0.2, 0.25) is 0 Å². The van der Waals surface area contributed by atoms with Gasteiger partial charge in [-0.3, -0.25) is 4.79 Å². The summed E-state index contributed by atoms with van der Waals surface area (Å²) in [6, 6.07) is 3.23. The van der Waals surface area contributed by atoms with E-state index in [1.54, 1.807) is 18.3 Å². The van der Waals surface area contributed by atoms with Crippen LogP contribution in [0.3, 0.4) is 0 Å². The maximum absolute atomic E-state index is 11.2. The standard InChI is InChI=1S/C12H15NO/c1-9-2-4-10(5-3-9)12-8-11(14)6-7-13-12/h4,6-9H,2-3,5H2,1H3,(H,13,14). The first-order valence-electron chi connectivity index (χ1n) is 5.14. The summed E-state index contributed by atoms with van der Waals surface area (Å²) in [4.78, 5) is 14.3. The van der Waals surface area contributed by atoms with Crippen LogP contribution in [-0.2, 0) is 0 Å². The van der Waals surface area contributed by atoms with Gasteiger partial charge in [0.1, 0.15) is 0 Å². The highest BCUT2D eigenvalue weighted by Gasteiger charge is 2.11. The minimum absolute atomic E-state index is 0.0817. The highest BCUT2D eigenvalue weighted by molar-refractivity contribution is 5.62. The van der Waals surface area contributed by atoms with Crippen LogP contribution in [0.5, 0.6) is 0 Å². The van der Waals surface area contributed by atoms with Crippen molar-refractivity contribution in [2.24, 2.45) is 5.92 Å². The molecule has 1 heterocycles. The van der Waals surface area contributed by atoms with Crippen molar-refractivity contribution in [2.45, 2.75) is 26.2 Å². The van der Waals surface area contributed by atoms with E-state index in [1.807, 2.05) is 0 Å². The Bertz CT molecular complexity index is 403. The molecule has 1 unspecified atom stereocenters. The molecule has 0 aliphatic heterocycles. The van der Waals surface area contributed by atoms with Gasteiger partial charge in [-0.2, -0.15) is 0 Å². The molecule has 0 fully saturated rings. The Balaban J connectivity index is 2.28. The van der Waals surface area contributed by atoms with E-state index in [1.165, 1.54) is 12.0 Å². The molecular formula is C12H15NO. The lowest BCUT2D eigenvalue weighted by Gasteiger charge is -2.17. The second-order valence-corrected chi connectivity index (χ2v) is 4.05. The predicted octanol–water partition coefficient (Wildman–Crippen LogP) is 2.58. The van der Waals surface area contributed by atoms with Gasteiger partial charge in [0.25, 0.3) is 0 Å². The predicted molar refractivity (Wildman–Crippen MR) is 58.1 cm³/mol. The Hall–Kier alpha value is -1.31. The third-order valence-corrected chi connectivity index (χ3v) is 2.79. The van der Waals surface area contributed by atoms with Crippen LogP contribution in [0.2, 0.25) is 0 Å². The molecular weight excluding hydrogens is 174 g/mol. The maximum Gasteiger partial charge on any atom is 0.182 e. The maximum atomic E-state index is 11.2. The van der Waals surface area contributed by atoms with Gasteiger partial charge < -0.3 is 4.98 Å². The molecule has 14 heavy (non-hydrogen) atoms. The van der Waals surface area contributed by atoms with Gasteiger partial charge in [-0.05, 0) is 30.8 Å². The van der Waals surface area contributed by atoms with Crippen LogP contribution < -0.4 is 5.43 Å². The van der Waals surface area contributed by atoms with Gasteiger partial charge in [-0.15, -0.1) is 0 Å². The summed E-state index contributed by atoms with van der Waals surface area (Å²) < 4.78 is 0. The van der Waals surface area contributed by atoms with Crippen molar-refractivity contribution < 1.29 is 0 Å². The number of rotatable bonds is 1. The average molecular weight is 189 g/mol. The molecule has 0 amide bonds. The lowest BCUT2D eigenvalue weighted by atomic mass is 9.89. The molecule has 2 rings (SSSR count). The average Bonchev–Trinajstić information content (AvgIpc) is 2.19. The lowest BCUT2D eigenvalue weighted by molar-refractivity contribution is 0.533. The van der Waals surface area contributed by atoms with E-state index in [4.69, 9.17) is 0 Å². The normalized spacial score (nSPS) is 21.8. The first kappa shape index (κ1) is 9.25. The van der Waals surface area contributed by atoms with Crippen molar-refractivity contribution in [1.82, 2.24) is 4.98 Å². The number of hydrogen-bond donors (Lipinski definition) is 1. The van der Waals surface area contributed by atoms with Crippen molar-refractivity contribution in [1.29, 1.82) is 0 Å². The number of hydrogen-bond acceptors (Lipinski definition) is 1. The zero-order chi connectivity index (χ0) is 9.97. The quantitative estimate of drug-likeness (QED) is 0.723. The van der Waals surface area contributed by atoms with Crippen LogP contribution in [0.4, 0.5) is 0 Å². The van der Waals surface area contributed by atoms with Gasteiger partial charge in [0.15, 0.2) is 5.43 Å². The molecule has 1 aliphatic rings. The molecule has 1 aromatic rings. The van der Waals surface area contributed by atoms with Crippen molar-refractivity contribution in [3.63, 3.8) is 0 Å². The summed E-state index contributed by atoms with van der Waals surface area (Å²) in [6.07, 6.45) is 7.41. The number of allylic oxidation sites excluding steroid dienone is 2. The minimum Gasteiger partial charge on any atom is -0.361 e. The van der Waals surface area contributed by atoms with E-state index >= 15 is 0 Å². The molecule has 1 aromatic heterocycles. The van der Waals surface area contributed by atoms with Crippen molar-refractivity contribution in [3.05, 3.63) is 40.3 Å². The summed E-state index contributed by atoms with van der Waals surface area (Å²) in [5, 5.41) is 0. The molecule has 0 bridgehead atoms. The molecule has 1 N–H and O–H groups in total. The topological polar surface area (TPSA) is 32.9 Å². The highest BCUT2D eigenvalue weighted by Crippen LogP contribution is 2.27. The molecule has 2 nitrogen and oxygen atoms in total. The number of aromatic nitrogens is 1. The number of aromatic amines is 1. The summed E-state index contributed by atoms with van der Waals surface area (Å²) >= 11 is 0. The molecule has 2 heteroatoms. The van der Waals surface area contributed by atoms with Crippen molar-refractivity contribution in [3.8, 4) is 0 Å². The monoisotopic (exact) mass is 189 g/mol. The highest BCUT2D eigenvalue weighted by atomic mass is 16.1. The van der Waals surface area contributed by atoms with Gasteiger partial charge >= 0.3 is 0 Å². The van der Waals surface area contributed by atoms with Crippen LogP contribution in [0, 0.1) is 5.92 Å². The molecule has 0 saturated heterocycles. The van der Waals surface area contributed by atoms with E-state index in [-0.39, 0.29) is 5.43 Å². The van der Waals surface area contributed by atoms with E-state index in [2.05, 4.69) is 18.0 Å². The van der Waals surface area contributed by atoms with Gasteiger partial charge in [0.05, 0.1) is 0 Å². The Morgan fingerprint density at radius 2 is 2.36 bits per heavy atom. The smallest absolute Gasteiger partial charge is 0.182 e. The fraction of sp³-hybridized carbons (Fsp3) is 0.417. The Morgan fingerprint density at radius 3 is 3.00 bits per heavy atom. The Labute approximate surface area is 83.7 Å². The molecule has 0 radical (unpaired) electrons. The van der Waals surface area contributed by atoms with E-state index < -0.39 is 0 Å². The van der Waals surface area contributed by atoms with E-state index in [9.17, 15) is 4.79 Å². The van der Waals surface area contributed by atoms with Gasteiger partial charge in [0, 0.05) is 24.0 Å². The fourth-order valence-electron chi connectivity index (χ4n) is 1.84. The summed E-state index contributed by atoms with van der Waals surface area (Å²) in [5.74, 6) is 0.786. The third-order valence-electron chi connectivity index (χ3n) is 2.79. The zero-order valence-electron chi connectivity index (χ0n) is 8.42. The first-order valence-corrected chi connectivity index (χ1v) is 5.14. The third kappa shape index (κ3) is 1.95. The summed E-state index contributed by atoms with van der Waals surface area (Å²) in [7, 11) is 0.